The summed E-state index contributed by atoms with van der Waals surface area (Å²) in [6.07, 6.45) is 7.28. The molecule has 17 heavy (non-hydrogen) atoms. The third kappa shape index (κ3) is 2.07. The van der Waals surface area contributed by atoms with E-state index in [0.717, 1.165) is 17.9 Å². The van der Waals surface area contributed by atoms with E-state index >= 15 is 0 Å². The number of hydrogen-bond donors (Lipinski definition) is 1. The van der Waals surface area contributed by atoms with Gasteiger partial charge >= 0.3 is 0 Å². The summed E-state index contributed by atoms with van der Waals surface area (Å²) in [5, 5.41) is 3.41. The zero-order valence-corrected chi connectivity index (χ0v) is 9.98. The Balaban J connectivity index is 1.77. The van der Waals surface area contributed by atoms with Crippen molar-refractivity contribution in [1.29, 1.82) is 0 Å². The second-order valence-electron chi connectivity index (χ2n) is 4.80. The smallest absolute Gasteiger partial charge is 0.180 e. The van der Waals surface area contributed by atoms with Crippen molar-refractivity contribution in [2.45, 2.75) is 26.2 Å². The van der Waals surface area contributed by atoms with Crippen LogP contribution >= 0.6 is 0 Å². The molecule has 0 atom stereocenters. The first kappa shape index (κ1) is 10.4. The summed E-state index contributed by atoms with van der Waals surface area (Å²) in [6, 6.07) is 3.94. The Bertz CT molecular complexity index is 534. The molecule has 0 bridgehead atoms. The highest BCUT2D eigenvalue weighted by Gasteiger charge is 2.40. The Morgan fingerprint density at radius 1 is 1.24 bits per heavy atom. The van der Waals surface area contributed by atoms with Crippen molar-refractivity contribution in [3.8, 4) is 0 Å². The van der Waals surface area contributed by atoms with E-state index in [9.17, 15) is 0 Å². The Morgan fingerprint density at radius 2 is 2.06 bits per heavy atom. The fraction of sp³-hybridized carbons (Fsp3) is 0.462. The lowest BCUT2D eigenvalue weighted by molar-refractivity contribution is 0.521. The Labute approximate surface area is 101 Å². The van der Waals surface area contributed by atoms with Crippen LogP contribution in [0.5, 0.6) is 0 Å². The summed E-state index contributed by atoms with van der Waals surface area (Å²) < 4.78 is 0. The summed E-state index contributed by atoms with van der Waals surface area (Å²) in [6.45, 7) is 3.27. The predicted octanol–water partition coefficient (Wildman–Crippen LogP) is 2.63. The number of nitrogens with zero attached hydrogens (tertiary/aromatic N) is 3. The van der Waals surface area contributed by atoms with Crippen molar-refractivity contribution in [2.24, 2.45) is 5.41 Å². The lowest BCUT2D eigenvalue weighted by Crippen LogP contribution is -2.15. The number of anilines is 1. The van der Waals surface area contributed by atoms with Crippen LogP contribution < -0.4 is 5.32 Å². The molecule has 1 aliphatic carbocycles. The summed E-state index contributed by atoms with van der Waals surface area (Å²) in [7, 11) is 0. The molecule has 0 aromatic carbocycles. The maximum Gasteiger partial charge on any atom is 0.180 e. The van der Waals surface area contributed by atoms with Gasteiger partial charge in [-0.25, -0.2) is 9.97 Å². The van der Waals surface area contributed by atoms with E-state index in [1.807, 2.05) is 12.1 Å². The third-order valence-corrected chi connectivity index (χ3v) is 3.68. The van der Waals surface area contributed by atoms with Gasteiger partial charge in [-0.2, -0.15) is 0 Å². The fourth-order valence-electron chi connectivity index (χ4n) is 2.06. The second-order valence-corrected chi connectivity index (χ2v) is 4.80. The van der Waals surface area contributed by atoms with E-state index < -0.39 is 0 Å². The van der Waals surface area contributed by atoms with Gasteiger partial charge in [0.05, 0.1) is 0 Å². The standard InChI is InChI=1S/C13H16N4/c1-2-13(5-6-13)9-16-11-4-3-10-12(17-11)15-8-7-14-10/h3-4,7-8H,2,5-6,9H2,1H3,(H,15,16,17). The van der Waals surface area contributed by atoms with E-state index in [2.05, 4.69) is 27.2 Å². The first-order valence-corrected chi connectivity index (χ1v) is 6.13. The first-order chi connectivity index (χ1) is 8.31. The molecular formula is C13H16N4. The number of fused-ring (bicyclic) bond motifs is 1. The minimum atomic E-state index is 0.527. The molecule has 88 valence electrons. The lowest BCUT2D eigenvalue weighted by atomic mass is 10.0. The maximum atomic E-state index is 4.46. The number of aromatic nitrogens is 3. The highest BCUT2D eigenvalue weighted by atomic mass is 15.0. The van der Waals surface area contributed by atoms with Gasteiger partial charge in [0, 0.05) is 18.9 Å². The van der Waals surface area contributed by atoms with Gasteiger partial charge in [0.25, 0.3) is 0 Å². The molecule has 0 unspecified atom stereocenters. The van der Waals surface area contributed by atoms with Crippen LogP contribution in [0.25, 0.3) is 11.2 Å². The highest BCUT2D eigenvalue weighted by molar-refractivity contribution is 5.71. The van der Waals surface area contributed by atoms with Crippen molar-refractivity contribution >= 4 is 17.0 Å². The van der Waals surface area contributed by atoms with Crippen molar-refractivity contribution in [1.82, 2.24) is 15.0 Å². The quantitative estimate of drug-likeness (QED) is 0.874. The average molecular weight is 228 g/mol. The molecule has 1 N–H and O–H groups in total. The largest absolute Gasteiger partial charge is 0.369 e. The molecule has 0 spiro atoms. The molecule has 0 radical (unpaired) electrons. The Kier molecular flexibility index (Phi) is 2.42. The molecule has 4 heteroatoms. The van der Waals surface area contributed by atoms with E-state index in [1.54, 1.807) is 12.4 Å². The van der Waals surface area contributed by atoms with E-state index in [1.165, 1.54) is 19.3 Å². The molecule has 0 aliphatic heterocycles. The van der Waals surface area contributed by atoms with Crippen LogP contribution in [-0.4, -0.2) is 21.5 Å². The monoisotopic (exact) mass is 228 g/mol. The topological polar surface area (TPSA) is 50.7 Å². The van der Waals surface area contributed by atoms with Crippen LogP contribution in [0, 0.1) is 5.41 Å². The summed E-state index contributed by atoms with van der Waals surface area (Å²) in [5.41, 5.74) is 2.08. The van der Waals surface area contributed by atoms with Crippen LogP contribution in [0.3, 0.4) is 0 Å². The van der Waals surface area contributed by atoms with Gasteiger partial charge in [-0.1, -0.05) is 6.92 Å². The molecule has 0 saturated heterocycles. The minimum Gasteiger partial charge on any atom is -0.369 e. The maximum absolute atomic E-state index is 4.46. The van der Waals surface area contributed by atoms with Gasteiger partial charge in [0.2, 0.25) is 0 Å². The molecule has 2 aromatic heterocycles. The Hall–Kier alpha value is -1.71. The SMILES string of the molecule is CCC1(CNc2ccc3nccnc3n2)CC1. The van der Waals surface area contributed by atoms with Gasteiger partial charge in [-0.3, -0.25) is 4.98 Å². The zero-order chi connectivity index (χ0) is 11.7. The molecule has 2 aromatic rings. The van der Waals surface area contributed by atoms with E-state index in [-0.39, 0.29) is 0 Å². The van der Waals surface area contributed by atoms with Crippen molar-refractivity contribution in [3.05, 3.63) is 24.5 Å². The van der Waals surface area contributed by atoms with Crippen LogP contribution in [0.1, 0.15) is 26.2 Å². The molecule has 1 saturated carbocycles. The number of nitrogens with one attached hydrogen (secondary N) is 1. The molecule has 4 nitrogen and oxygen atoms in total. The fourth-order valence-corrected chi connectivity index (χ4v) is 2.06. The minimum absolute atomic E-state index is 0.527. The van der Waals surface area contributed by atoms with Crippen LogP contribution in [0.15, 0.2) is 24.5 Å². The first-order valence-electron chi connectivity index (χ1n) is 6.13. The van der Waals surface area contributed by atoms with Crippen LogP contribution in [0.4, 0.5) is 5.82 Å². The van der Waals surface area contributed by atoms with E-state index in [0.29, 0.717) is 11.1 Å². The lowest BCUT2D eigenvalue weighted by Gasteiger charge is -2.13. The van der Waals surface area contributed by atoms with Gasteiger partial charge in [0.15, 0.2) is 5.65 Å². The molecule has 3 rings (SSSR count). The molecular weight excluding hydrogens is 212 g/mol. The average Bonchev–Trinajstić information content (AvgIpc) is 3.17. The summed E-state index contributed by atoms with van der Waals surface area (Å²) in [4.78, 5) is 12.9. The second kappa shape index (κ2) is 3.95. The number of pyridine rings is 1. The number of hydrogen-bond acceptors (Lipinski definition) is 4. The van der Waals surface area contributed by atoms with Crippen molar-refractivity contribution in [3.63, 3.8) is 0 Å². The van der Waals surface area contributed by atoms with Gasteiger partial charge < -0.3 is 5.32 Å². The van der Waals surface area contributed by atoms with Gasteiger partial charge in [-0.15, -0.1) is 0 Å². The normalized spacial score (nSPS) is 17.0. The summed E-state index contributed by atoms with van der Waals surface area (Å²) >= 11 is 0. The van der Waals surface area contributed by atoms with Crippen molar-refractivity contribution < 1.29 is 0 Å². The molecule has 1 aliphatic rings. The van der Waals surface area contributed by atoms with Crippen molar-refractivity contribution in [2.75, 3.05) is 11.9 Å². The molecule has 1 fully saturated rings. The van der Waals surface area contributed by atoms with Crippen LogP contribution in [-0.2, 0) is 0 Å². The van der Waals surface area contributed by atoms with Gasteiger partial charge in [-0.05, 0) is 36.8 Å². The number of rotatable bonds is 4. The van der Waals surface area contributed by atoms with E-state index in [4.69, 9.17) is 0 Å². The highest BCUT2D eigenvalue weighted by Crippen LogP contribution is 2.48. The van der Waals surface area contributed by atoms with Gasteiger partial charge in [0.1, 0.15) is 11.3 Å². The third-order valence-electron chi connectivity index (χ3n) is 3.68. The Morgan fingerprint density at radius 3 is 2.82 bits per heavy atom. The predicted molar refractivity (Wildman–Crippen MR) is 67.8 cm³/mol. The summed E-state index contributed by atoms with van der Waals surface area (Å²) in [5.74, 6) is 0.901. The zero-order valence-electron chi connectivity index (χ0n) is 9.98. The molecule has 0 amide bonds. The van der Waals surface area contributed by atoms with Crippen LogP contribution in [0.2, 0.25) is 0 Å². The molecule has 2 heterocycles.